The van der Waals surface area contributed by atoms with Gasteiger partial charge in [0.1, 0.15) is 24.7 Å². The van der Waals surface area contributed by atoms with Crippen LogP contribution in [0.5, 0.6) is 11.5 Å². The molecule has 0 aromatic heterocycles. The molecule has 4 aromatic carbocycles. The standard InChI is InChI=1S/C21H26O8S2.C20H23NO10S2/c1-3-30(22,23)20-10-6-19(7-11-20)28-16-14-26-12-13-27-15-17-29-31(24,25)21-8-4-18(2)5-9-21;1-2-32(24,25)19-9-5-18(6-10-19)30-15-13-28-11-12-29-14-16-31-33(26,27)20-7-3-17(4-8-20)21(22)23/h3-11H,1,12-17H2,2H3;2-10H,1,11-16H2. The monoisotopic (exact) mass is 971 g/mol. The quantitative estimate of drug-likeness (QED) is 0.0298. The molecule has 0 heterocycles. The van der Waals surface area contributed by atoms with E-state index in [9.17, 15) is 43.8 Å². The van der Waals surface area contributed by atoms with Gasteiger partial charge in [-0.2, -0.15) is 16.8 Å². The highest BCUT2D eigenvalue weighted by Crippen LogP contribution is 2.20. The topological polar surface area (TPSA) is 254 Å². The minimum Gasteiger partial charge on any atom is -0.491 e. The van der Waals surface area contributed by atoms with Crippen LogP contribution in [-0.2, 0) is 67.2 Å². The van der Waals surface area contributed by atoms with Gasteiger partial charge < -0.3 is 28.4 Å². The van der Waals surface area contributed by atoms with Crippen LogP contribution in [0.1, 0.15) is 5.56 Å². The highest BCUT2D eigenvalue weighted by Gasteiger charge is 2.17. The average Bonchev–Trinajstić information content (AvgIpc) is 3.28. The van der Waals surface area contributed by atoms with Crippen molar-refractivity contribution in [3.05, 3.63) is 137 Å². The largest absolute Gasteiger partial charge is 0.491 e. The van der Waals surface area contributed by atoms with E-state index in [0.29, 0.717) is 24.7 Å². The van der Waals surface area contributed by atoms with Crippen molar-refractivity contribution in [3.63, 3.8) is 0 Å². The van der Waals surface area contributed by atoms with Crippen LogP contribution in [-0.4, -0.2) is 118 Å². The number of hydrogen-bond acceptors (Lipinski definition) is 18. The van der Waals surface area contributed by atoms with E-state index >= 15 is 0 Å². The van der Waals surface area contributed by atoms with E-state index in [0.717, 1.165) is 40.6 Å². The van der Waals surface area contributed by atoms with Crippen LogP contribution in [0.4, 0.5) is 5.69 Å². The van der Waals surface area contributed by atoms with Gasteiger partial charge in [-0.05, 0) is 79.7 Å². The van der Waals surface area contributed by atoms with E-state index < -0.39 is 44.8 Å². The Bertz CT molecular complexity index is 2520. The van der Waals surface area contributed by atoms with Crippen molar-refractivity contribution < 1.29 is 75.4 Å². The number of non-ortho nitro benzene ring substituents is 1. The summed E-state index contributed by atoms with van der Waals surface area (Å²) in [6.07, 6.45) is 0. The number of aryl methyl sites for hydroxylation is 1. The van der Waals surface area contributed by atoms with Crippen molar-refractivity contribution in [2.75, 3.05) is 79.3 Å². The third kappa shape index (κ3) is 18.9. The van der Waals surface area contributed by atoms with Crippen LogP contribution in [0.2, 0.25) is 0 Å². The summed E-state index contributed by atoms with van der Waals surface area (Å²) in [5.74, 6) is 1.01. The van der Waals surface area contributed by atoms with Crippen molar-refractivity contribution >= 4 is 45.6 Å². The van der Waals surface area contributed by atoms with Crippen molar-refractivity contribution in [1.82, 2.24) is 0 Å². The SMILES string of the molecule is C=CS(=O)(=O)c1ccc(OCCOCCOCCOS(=O)(=O)c2ccc(C)cc2)cc1.C=CS(=O)(=O)c1ccc(OCCOCCOCCOS(=O)(=O)c2ccc([N+](=O)[O-])cc2)cc1. The zero-order chi connectivity index (χ0) is 47.1. The Balaban J connectivity index is 0.000000341. The van der Waals surface area contributed by atoms with Crippen molar-refractivity contribution in [1.29, 1.82) is 0 Å². The summed E-state index contributed by atoms with van der Waals surface area (Å²) in [7, 11) is -14.8. The molecule has 19 nitrogen and oxygen atoms in total. The molecule has 64 heavy (non-hydrogen) atoms. The fraction of sp³-hybridized carbons (Fsp3) is 0.317. The number of nitro benzene ring substituents is 1. The zero-order valence-corrected chi connectivity index (χ0v) is 38.0. The van der Waals surface area contributed by atoms with E-state index in [4.69, 9.17) is 36.8 Å². The molecule has 0 radical (unpaired) electrons. The Morgan fingerprint density at radius 3 is 1.08 bits per heavy atom. The minimum atomic E-state index is -4.04. The first-order valence-electron chi connectivity index (χ1n) is 19.0. The number of nitrogens with zero attached hydrogens (tertiary/aromatic N) is 1. The molecular formula is C41H49NO18S4. The summed E-state index contributed by atoms with van der Waals surface area (Å²) in [4.78, 5) is 10.2. The first kappa shape index (κ1) is 53.3. The fourth-order valence-corrected chi connectivity index (χ4v) is 7.91. The molecule has 4 aromatic rings. The van der Waals surface area contributed by atoms with E-state index in [1.54, 1.807) is 24.3 Å². The van der Waals surface area contributed by atoms with Crippen LogP contribution in [0.15, 0.2) is 141 Å². The first-order chi connectivity index (χ1) is 30.4. The predicted molar refractivity (Wildman–Crippen MR) is 232 cm³/mol. The molecule has 4 rings (SSSR count). The van der Waals surface area contributed by atoms with Crippen LogP contribution < -0.4 is 9.47 Å². The summed E-state index contributed by atoms with van der Waals surface area (Å²) in [5.41, 5.74) is 0.740. The third-order valence-corrected chi connectivity index (χ3v) is 13.4. The number of rotatable bonds is 29. The molecule has 0 fully saturated rings. The summed E-state index contributed by atoms with van der Waals surface area (Å²) in [5, 5.41) is 12.4. The molecule has 0 spiro atoms. The molecule has 0 aliphatic carbocycles. The van der Waals surface area contributed by atoms with E-state index in [-0.39, 0.29) is 91.3 Å². The van der Waals surface area contributed by atoms with Gasteiger partial charge in [0.25, 0.3) is 25.9 Å². The molecule has 0 aliphatic heterocycles. The first-order valence-corrected chi connectivity index (χ1v) is 24.9. The van der Waals surface area contributed by atoms with Crippen LogP contribution >= 0.6 is 0 Å². The van der Waals surface area contributed by atoms with Gasteiger partial charge in [-0.1, -0.05) is 30.9 Å². The number of benzene rings is 4. The minimum absolute atomic E-state index is 0.00599. The Morgan fingerprint density at radius 1 is 0.453 bits per heavy atom. The number of sulfone groups is 2. The molecule has 0 bridgehead atoms. The van der Waals surface area contributed by atoms with Gasteiger partial charge in [0.2, 0.25) is 0 Å². The molecule has 0 atom stereocenters. The van der Waals surface area contributed by atoms with E-state index in [2.05, 4.69) is 13.2 Å². The Morgan fingerprint density at radius 2 is 0.750 bits per heavy atom. The maximum absolute atomic E-state index is 12.0. The maximum atomic E-state index is 12.0. The second kappa shape index (κ2) is 26.6. The number of ether oxygens (including phenoxy) is 6. The predicted octanol–water partition coefficient (Wildman–Crippen LogP) is 5.06. The van der Waals surface area contributed by atoms with Gasteiger partial charge in [0.15, 0.2) is 19.7 Å². The number of nitro groups is 1. The zero-order valence-electron chi connectivity index (χ0n) is 34.7. The smallest absolute Gasteiger partial charge is 0.297 e. The molecule has 0 saturated carbocycles. The molecule has 350 valence electrons. The van der Waals surface area contributed by atoms with Gasteiger partial charge in [-0.15, -0.1) is 0 Å². The summed E-state index contributed by atoms with van der Waals surface area (Å²) in [6, 6.07) is 22.7. The molecule has 0 amide bonds. The highest BCUT2D eigenvalue weighted by atomic mass is 32.2. The lowest BCUT2D eigenvalue weighted by atomic mass is 10.2. The molecule has 0 saturated heterocycles. The second-order valence-corrected chi connectivity index (χ2v) is 19.6. The summed E-state index contributed by atoms with van der Waals surface area (Å²) >= 11 is 0. The molecular weight excluding hydrogens is 923 g/mol. The van der Waals surface area contributed by atoms with Crippen LogP contribution in [0, 0.1) is 17.0 Å². The van der Waals surface area contributed by atoms with Gasteiger partial charge in [-0.3, -0.25) is 18.5 Å². The van der Waals surface area contributed by atoms with Gasteiger partial charge in [-0.25, -0.2) is 16.8 Å². The summed E-state index contributed by atoms with van der Waals surface area (Å²) in [6.45, 7) is 10.4. The molecule has 23 heteroatoms. The Kier molecular flexibility index (Phi) is 22.2. The normalized spacial score (nSPS) is 11.8. The lowest BCUT2D eigenvalue weighted by molar-refractivity contribution is -0.384. The van der Waals surface area contributed by atoms with E-state index in [1.165, 1.54) is 48.5 Å². The van der Waals surface area contributed by atoms with Crippen LogP contribution in [0.3, 0.4) is 0 Å². The highest BCUT2D eigenvalue weighted by molar-refractivity contribution is 7.94. The van der Waals surface area contributed by atoms with Crippen molar-refractivity contribution in [2.24, 2.45) is 0 Å². The van der Waals surface area contributed by atoms with E-state index in [1.807, 2.05) is 6.92 Å². The van der Waals surface area contributed by atoms with Crippen molar-refractivity contribution in [3.8, 4) is 11.5 Å². The molecule has 0 N–H and O–H groups in total. The Hall–Kier alpha value is -5.08. The lowest BCUT2D eigenvalue weighted by Gasteiger charge is -2.09. The van der Waals surface area contributed by atoms with Gasteiger partial charge >= 0.3 is 0 Å². The average molecular weight is 972 g/mol. The number of hydrogen-bond donors (Lipinski definition) is 0. The van der Waals surface area contributed by atoms with Crippen LogP contribution in [0.25, 0.3) is 0 Å². The Labute approximate surface area is 373 Å². The van der Waals surface area contributed by atoms with Gasteiger partial charge in [0, 0.05) is 22.9 Å². The lowest BCUT2D eigenvalue weighted by Crippen LogP contribution is -2.14. The summed E-state index contributed by atoms with van der Waals surface area (Å²) < 4.78 is 136. The van der Waals surface area contributed by atoms with Gasteiger partial charge in [0.05, 0.1) is 90.6 Å². The second-order valence-electron chi connectivity index (χ2n) is 12.6. The third-order valence-electron chi connectivity index (χ3n) is 8.06. The molecule has 0 unspecified atom stereocenters. The maximum Gasteiger partial charge on any atom is 0.297 e. The fourth-order valence-electron chi connectivity index (χ4n) is 4.71. The van der Waals surface area contributed by atoms with Crippen molar-refractivity contribution in [2.45, 2.75) is 26.5 Å². The molecule has 0 aliphatic rings.